The van der Waals surface area contributed by atoms with Gasteiger partial charge < -0.3 is 5.11 Å². The van der Waals surface area contributed by atoms with Gasteiger partial charge >= 0.3 is 0 Å². The molecule has 3 atom stereocenters. The largest absolute Gasteiger partial charge is 0.392 e. The van der Waals surface area contributed by atoms with Gasteiger partial charge in [-0.25, -0.2) is 0 Å². The lowest BCUT2D eigenvalue weighted by molar-refractivity contribution is -0.141. The second kappa shape index (κ2) is 3.33. The molecule has 16 heavy (non-hydrogen) atoms. The van der Waals surface area contributed by atoms with Crippen molar-refractivity contribution in [3.05, 3.63) is 35.4 Å². The third-order valence-corrected chi connectivity index (χ3v) is 5.20. The molecule has 0 aliphatic heterocycles. The molecule has 3 rings (SSSR count). The first-order valence-electron chi connectivity index (χ1n) is 6.50. The monoisotopic (exact) mass is 216 g/mol. The van der Waals surface area contributed by atoms with Gasteiger partial charge in [-0.3, -0.25) is 0 Å². The van der Waals surface area contributed by atoms with Gasteiger partial charge in [0, 0.05) is 5.41 Å². The zero-order chi connectivity index (χ0) is 11.3. The lowest BCUT2D eigenvalue weighted by Crippen LogP contribution is -2.57. The van der Waals surface area contributed by atoms with E-state index >= 15 is 0 Å². The Labute approximate surface area is 97.5 Å². The first-order chi connectivity index (χ1) is 7.74. The van der Waals surface area contributed by atoms with Crippen LogP contribution in [0.4, 0.5) is 0 Å². The number of aliphatic hydroxyl groups excluding tert-OH is 1. The van der Waals surface area contributed by atoms with Crippen LogP contribution in [0.25, 0.3) is 0 Å². The van der Waals surface area contributed by atoms with E-state index in [1.165, 1.54) is 11.1 Å². The minimum atomic E-state index is -0.0834. The summed E-state index contributed by atoms with van der Waals surface area (Å²) in [5.41, 5.74) is 3.15. The van der Waals surface area contributed by atoms with Crippen LogP contribution in [0, 0.1) is 11.3 Å². The van der Waals surface area contributed by atoms with Crippen molar-refractivity contribution in [2.75, 3.05) is 0 Å². The third kappa shape index (κ3) is 1.00. The maximum absolute atomic E-state index is 10.4. The van der Waals surface area contributed by atoms with Gasteiger partial charge in [0.15, 0.2) is 0 Å². The fourth-order valence-electron chi connectivity index (χ4n) is 4.26. The molecule has 86 valence electrons. The molecule has 3 unspecified atom stereocenters. The van der Waals surface area contributed by atoms with E-state index in [1.807, 2.05) is 0 Å². The normalized spacial score (nSPS) is 34.1. The zero-order valence-electron chi connectivity index (χ0n) is 10.1. The molecule has 1 heteroatoms. The molecule has 1 aromatic carbocycles. The average molecular weight is 216 g/mol. The highest BCUT2D eigenvalue weighted by molar-refractivity contribution is 5.42. The summed E-state index contributed by atoms with van der Waals surface area (Å²) in [5.74, 6) is 1.12. The second-order valence-corrected chi connectivity index (χ2v) is 5.43. The Kier molecular flexibility index (Phi) is 2.16. The highest BCUT2D eigenvalue weighted by Crippen LogP contribution is 2.65. The Morgan fingerprint density at radius 3 is 2.62 bits per heavy atom. The minimum absolute atomic E-state index is 0.0834. The molecule has 0 bridgehead atoms. The van der Waals surface area contributed by atoms with Crippen LogP contribution in [0.1, 0.15) is 43.7 Å². The highest BCUT2D eigenvalue weighted by atomic mass is 16.3. The van der Waals surface area contributed by atoms with Crippen molar-refractivity contribution in [3.8, 4) is 0 Å². The predicted octanol–water partition coefficient (Wildman–Crippen LogP) is 3.12. The topological polar surface area (TPSA) is 20.2 Å². The Balaban J connectivity index is 2.05. The summed E-state index contributed by atoms with van der Waals surface area (Å²) < 4.78 is 0. The molecule has 2 aliphatic carbocycles. The van der Waals surface area contributed by atoms with Crippen molar-refractivity contribution in [2.24, 2.45) is 11.3 Å². The fraction of sp³-hybridized carbons (Fsp3) is 0.600. The van der Waals surface area contributed by atoms with Gasteiger partial charge in [0.2, 0.25) is 0 Å². The molecule has 2 aliphatic rings. The van der Waals surface area contributed by atoms with Crippen molar-refractivity contribution < 1.29 is 5.11 Å². The molecule has 0 aromatic heterocycles. The summed E-state index contributed by atoms with van der Waals surface area (Å²) in [6, 6.07) is 8.76. The smallest absolute Gasteiger partial charge is 0.0639 e. The van der Waals surface area contributed by atoms with E-state index in [-0.39, 0.29) is 11.5 Å². The summed E-state index contributed by atoms with van der Waals surface area (Å²) in [4.78, 5) is 0. The van der Waals surface area contributed by atoms with Crippen LogP contribution in [-0.4, -0.2) is 11.2 Å². The second-order valence-electron chi connectivity index (χ2n) is 5.43. The van der Waals surface area contributed by atoms with Crippen LogP contribution in [-0.2, 0) is 6.42 Å². The van der Waals surface area contributed by atoms with Crippen LogP contribution in [0.5, 0.6) is 0 Å². The van der Waals surface area contributed by atoms with Gasteiger partial charge in [0.25, 0.3) is 0 Å². The Bertz CT molecular complexity index is 406. The summed E-state index contributed by atoms with van der Waals surface area (Å²) in [5, 5.41) is 10.4. The van der Waals surface area contributed by atoms with Gasteiger partial charge in [0.1, 0.15) is 0 Å². The molecular weight excluding hydrogens is 196 g/mol. The molecule has 1 N–H and O–H groups in total. The fourth-order valence-corrected chi connectivity index (χ4v) is 4.26. The van der Waals surface area contributed by atoms with Crippen LogP contribution in [0.2, 0.25) is 0 Å². The van der Waals surface area contributed by atoms with Crippen molar-refractivity contribution in [3.63, 3.8) is 0 Å². The number of hydrogen-bond acceptors (Lipinski definition) is 1. The predicted molar refractivity (Wildman–Crippen MR) is 65.4 cm³/mol. The van der Waals surface area contributed by atoms with E-state index in [9.17, 15) is 5.11 Å². The van der Waals surface area contributed by atoms with E-state index in [2.05, 4.69) is 38.1 Å². The molecule has 0 heterocycles. The van der Waals surface area contributed by atoms with Gasteiger partial charge in [0.05, 0.1) is 6.10 Å². The molecule has 0 saturated heterocycles. The van der Waals surface area contributed by atoms with Crippen molar-refractivity contribution in [1.29, 1.82) is 0 Å². The molecule has 0 amide bonds. The van der Waals surface area contributed by atoms with Crippen LogP contribution in [0.15, 0.2) is 24.3 Å². The van der Waals surface area contributed by atoms with E-state index < -0.39 is 0 Å². The van der Waals surface area contributed by atoms with Gasteiger partial charge in [-0.2, -0.15) is 0 Å². The number of benzene rings is 1. The van der Waals surface area contributed by atoms with Gasteiger partial charge in [-0.15, -0.1) is 0 Å². The number of fused-ring (bicyclic) bond motifs is 3. The average Bonchev–Trinajstić information content (AvgIpc) is 2.68. The molecule has 0 radical (unpaired) electrons. The first kappa shape index (κ1) is 10.3. The first-order valence-corrected chi connectivity index (χ1v) is 6.50. The van der Waals surface area contributed by atoms with Crippen LogP contribution in [0.3, 0.4) is 0 Å². The van der Waals surface area contributed by atoms with Crippen molar-refractivity contribution >= 4 is 0 Å². The lowest BCUT2D eigenvalue weighted by Gasteiger charge is -2.57. The van der Waals surface area contributed by atoms with E-state index in [0.29, 0.717) is 11.8 Å². The van der Waals surface area contributed by atoms with Crippen molar-refractivity contribution in [2.45, 2.75) is 45.1 Å². The van der Waals surface area contributed by atoms with Crippen LogP contribution >= 0.6 is 0 Å². The van der Waals surface area contributed by atoms with Crippen LogP contribution < -0.4 is 0 Å². The minimum Gasteiger partial charge on any atom is -0.392 e. The van der Waals surface area contributed by atoms with E-state index in [0.717, 1.165) is 19.3 Å². The van der Waals surface area contributed by atoms with E-state index in [1.54, 1.807) is 0 Å². The third-order valence-electron chi connectivity index (χ3n) is 5.20. The quantitative estimate of drug-likeness (QED) is 0.805. The summed E-state index contributed by atoms with van der Waals surface area (Å²) in [6.45, 7) is 4.45. The number of aliphatic hydroxyl groups is 1. The van der Waals surface area contributed by atoms with Gasteiger partial charge in [-0.05, 0) is 42.2 Å². The highest BCUT2D eigenvalue weighted by Gasteiger charge is 2.62. The molecular formula is C15H20O. The van der Waals surface area contributed by atoms with Gasteiger partial charge in [-0.1, -0.05) is 38.1 Å². The Hall–Kier alpha value is -0.820. The summed E-state index contributed by atoms with van der Waals surface area (Å²) >= 11 is 0. The maximum atomic E-state index is 10.4. The Morgan fingerprint density at radius 1 is 1.25 bits per heavy atom. The number of rotatable bonds is 2. The molecule has 1 saturated carbocycles. The molecule has 1 fully saturated rings. The lowest BCUT2D eigenvalue weighted by atomic mass is 9.49. The summed E-state index contributed by atoms with van der Waals surface area (Å²) in [7, 11) is 0. The number of hydrogen-bond donors (Lipinski definition) is 1. The zero-order valence-corrected chi connectivity index (χ0v) is 10.1. The maximum Gasteiger partial charge on any atom is 0.0639 e. The van der Waals surface area contributed by atoms with E-state index in [4.69, 9.17) is 0 Å². The molecule has 1 aromatic rings. The van der Waals surface area contributed by atoms with Crippen molar-refractivity contribution in [1.82, 2.24) is 0 Å². The Morgan fingerprint density at radius 2 is 1.94 bits per heavy atom. The molecule has 1 nitrogen and oxygen atoms in total. The molecule has 0 spiro atoms. The standard InChI is InChI=1S/C15H20O/c1-3-15(4-2)13-11-8-6-5-7-10(11)9-12(13)14(15)16/h5-8,12-14,16H,3-4,9H2,1-2H3. The summed E-state index contributed by atoms with van der Waals surface area (Å²) in [6.07, 6.45) is 3.20. The SMILES string of the molecule is CCC1(CC)C(O)C2Cc3ccccc3C21.